The standard InChI is InChI=1S/C11H13NSe/c1-8(12)6-9-7-13-11-5-3-2-4-10(9)11/h2-5,7-8H,6,12H2,1H3. The quantitative estimate of drug-likeness (QED) is 0.793. The van der Waals surface area contributed by atoms with Gasteiger partial charge in [-0.2, -0.15) is 0 Å². The molecule has 2 heteroatoms. The van der Waals surface area contributed by atoms with E-state index in [2.05, 4.69) is 36.1 Å². The van der Waals surface area contributed by atoms with E-state index in [-0.39, 0.29) is 6.04 Å². The van der Waals surface area contributed by atoms with Crippen LogP contribution in [0.2, 0.25) is 0 Å². The minimum atomic E-state index is 0.271. The van der Waals surface area contributed by atoms with E-state index in [0.717, 1.165) is 6.42 Å². The molecule has 1 aromatic carbocycles. The summed E-state index contributed by atoms with van der Waals surface area (Å²) in [6, 6.07) is 8.92. The monoisotopic (exact) mass is 239 g/mol. The summed E-state index contributed by atoms with van der Waals surface area (Å²) < 4.78 is 1.51. The van der Waals surface area contributed by atoms with Gasteiger partial charge in [-0.1, -0.05) is 0 Å². The van der Waals surface area contributed by atoms with Crippen molar-refractivity contribution in [3.05, 3.63) is 34.8 Å². The average Bonchev–Trinajstić information content (AvgIpc) is 2.48. The van der Waals surface area contributed by atoms with Crippen LogP contribution in [0.4, 0.5) is 0 Å². The molecule has 0 radical (unpaired) electrons. The van der Waals surface area contributed by atoms with Crippen molar-refractivity contribution in [2.75, 3.05) is 0 Å². The first-order valence-corrected chi connectivity index (χ1v) is 6.32. The van der Waals surface area contributed by atoms with Gasteiger partial charge in [0.25, 0.3) is 0 Å². The third-order valence-electron chi connectivity index (χ3n) is 2.10. The molecule has 0 spiro atoms. The molecule has 13 heavy (non-hydrogen) atoms. The summed E-state index contributed by atoms with van der Waals surface area (Å²) in [5, 5.41) is 1.43. The fraction of sp³-hybridized carbons (Fsp3) is 0.273. The summed E-state index contributed by atoms with van der Waals surface area (Å²) in [7, 11) is 0. The molecule has 0 aliphatic rings. The molecule has 1 atom stereocenters. The van der Waals surface area contributed by atoms with Gasteiger partial charge >= 0.3 is 84.0 Å². The van der Waals surface area contributed by atoms with Gasteiger partial charge in [-0.05, 0) is 0 Å². The molecule has 2 rings (SSSR count). The molecule has 0 amide bonds. The van der Waals surface area contributed by atoms with Gasteiger partial charge in [0.1, 0.15) is 0 Å². The number of rotatable bonds is 2. The molecule has 0 saturated carbocycles. The maximum atomic E-state index is 5.80. The van der Waals surface area contributed by atoms with E-state index >= 15 is 0 Å². The van der Waals surface area contributed by atoms with Crippen LogP contribution < -0.4 is 5.73 Å². The molecular weight excluding hydrogens is 225 g/mol. The van der Waals surface area contributed by atoms with Crippen molar-refractivity contribution in [1.29, 1.82) is 0 Å². The molecule has 0 fully saturated rings. The molecule has 1 heterocycles. The molecule has 1 aromatic heterocycles. The van der Waals surface area contributed by atoms with Crippen molar-refractivity contribution in [2.45, 2.75) is 19.4 Å². The van der Waals surface area contributed by atoms with Crippen LogP contribution in [0.25, 0.3) is 9.65 Å². The van der Waals surface area contributed by atoms with Gasteiger partial charge in [0.05, 0.1) is 0 Å². The van der Waals surface area contributed by atoms with E-state index in [1.807, 2.05) is 0 Å². The van der Waals surface area contributed by atoms with Gasteiger partial charge in [0.2, 0.25) is 0 Å². The Morgan fingerprint density at radius 3 is 2.92 bits per heavy atom. The molecule has 0 saturated heterocycles. The first-order chi connectivity index (χ1) is 6.27. The molecule has 1 nitrogen and oxygen atoms in total. The van der Waals surface area contributed by atoms with E-state index in [1.54, 1.807) is 0 Å². The SMILES string of the molecule is CC(N)Cc1c[se]c2ccccc12. The molecule has 2 N–H and O–H groups in total. The fourth-order valence-corrected chi connectivity index (χ4v) is 3.58. The number of nitrogens with two attached hydrogens (primary N) is 1. The molecule has 1 unspecified atom stereocenters. The van der Waals surface area contributed by atoms with Gasteiger partial charge in [-0.15, -0.1) is 0 Å². The predicted octanol–water partition coefficient (Wildman–Crippen LogP) is 1.79. The summed E-state index contributed by atoms with van der Waals surface area (Å²) >= 11 is 0.542. The normalized spacial score (nSPS) is 13.4. The summed E-state index contributed by atoms with van der Waals surface area (Å²) in [4.78, 5) is 2.36. The number of hydrogen-bond acceptors (Lipinski definition) is 1. The Balaban J connectivity index is 2.46. The second-order valence-corrected chi connectivity index (χ2v) is 5.35. The Labute approximate surface area is 84.3 Å². The van der Waals surface area contributed by atoms with Gasteiger partial charge in [0.15, 0.2) is 0 Å². The van der Waals surface area contributed by atoms with Gasteiger partial charge in [-0.25, -0.2) is 0 Å². The molecule has 0 aliphatic heterocycles. The number of hydrogen-bond donors (Lipinski definition) is 1. The second-order valence-electron chi connectivity index (χ2n) is 3.44. The topological polar surface area (TPSA) is 26.0 Å². The molecular formula is C11H13NSe. The zero-order valence-corrected chi connectivity index (χ0v) is 9.37. The van der Waals surface area contributed by atoms with Crippen LogP contribution in [-0.4, -0.2) is 20.5 Å². The Morgan fingerprint density at radius 2 is 2.15 bits per heavy atom. The van der Waals surface area contributed by atoms with E-state index in [1.165, 1.54) is 15.2 Å². The molecule has 0 bridgehead atoms. The molecule has 68 valence electrons. The van der Waals surface area contributed by atoms with Gasteiger partial charge < -0.3 is 0 Å². The zero-order valence-electron chi connectivity index (χ0n) is 7.66. The Bertz CT molecular complexity index is 403. The van der Waals surface area contributed by atoms with Crippen LogP contribution in [0.3, 0.4) is 0 Å². The Kier molecular flexibility index (Phi) is 2.54. The van der Waals surface area contributed by atoms with Crippen molar-refractivity contribution in [2.24, 2.45) is 5.73 Å². The van der Waals surface area contributed by atoms with Crippen molar-refractivity contribution in [3.8, 4) is 0 Å². The Hall–Kier alpha value is -0.561. The summed E-state index contributed by atoms with van der Waals surface area (Å²) in [6.07, 6.45) is 1.01. The first-order valence-electron chi connectivity index (χ1n) is 4.48. The minimum absolute atomic E-state index is 0.271. The summed E-state index contributed by atoms with van der Waals surface area (Å²) in [6.45, 7) is 2.06. The van der Waals surface area contributed by atoms with E-state index in [9.17, 15) is 0 Å². The Morgan fingerprint density at radius 1 is 1.38 bits per heavy atom. The zero-order chi connectivity index (χ0) is 9.26. The number of benzene rings is 1. The van der Waals surface area contributed by atoms with E-state index < -0.39 is 0 Å². The van der Waals surface area contributed by atoms with Crippen molar-refractivity contribution >= 4 is 24.1 Å². The van der Waals surface area contributed by atoms with E-state index in [0.29, 0.717) is 14.5 Å². The van der Waals surface area contributed by atoms with Crippen molar-refractivity contribution in [1.82, 2.24) is 0 Å². The molecule has 0 aliphatic carbocycles. The van der Waals surface area contributed by atoms with Gasteiger partial charge in [-0.3, -0.25) is 0 Å². The van der Waals surface area contributed by atoms with Crippen LogP contribution in [0, 0.1) is 0 Å². The third-order valence-corrected chi connectivity index (χ3v) is 4.23. The van der Waals surface area contributed by atoms with Crippen molar-refractivity contribution in [3.63, 3.8) is 0 Å². The summed E-state index contributed by atoms with van der Waals surface area (Å²) in [5.41, 5.74) is 7.25. The third kappa shape index (κ3) is 1.86. The fourth-order valence-electron chi connectivity index (χ4n) is 1.54. The van der Waals surface area contributed by atoms with Crippen LogP contribution in [0.1, 0.15) is 12.5 Å². The van der Waals surface area contributed by atoms with Crippen LogP contribution in [-0.2, 0) is 6.42 Å². The van der Waals surface area contributed by atoms with Gasteiger partial charge in [0, 0.05) is 0 Å². The maximum absolute atomic E-state index is 5.80. The molecule has 2 aromatic rings. The van der Waals surface area contributed by atoms with E-state index in [4.69, 9.17) is 5.73 Å². The van der Waals surface area contributed by atoms with Crippen molar-refractivity contribution < 1.29 is 0 Å². The predicted molar refractivity (Wildman–Crippen MR) is 58.2 cm³/mol. The van der Waals surface area contributed by atoms with Crippen LogP contribution in [0.5, 0.6) is 0 Å². The number of fused-ring (bicyclic) bond motifs is 1. The van der Waals surface area contributed by atoms with Crippen LogP contribution in [0.15, 0.2) is 29.2 Å². The second kappa shape index (κ2) is 3.67. The average molecular weight is 238 g/mol. The first kappa shape index (κ1) is 9.01. The summed E-state index contributed by atoms with van der Waals surface area (Å²) in [5.74, 6) is 0. The van der Waals surface area contributed by atoms with Crippen LogP contribution >= 0.6 is 0 Å².